The molecule has 0 aliphatic heterocycles. The number of aromatic amines is 1. The molecule has 0 atom stereocenters. The van der Waals surface area contributed by atoms with E-state index in [0.717, 1.165) is 5.69 Å². The maximum atomic E-state index is 11.8. The maximum absolute atomic E-state index is 11.8. The van der Waals surface area contributed by atoms with Crippen LogP contribution >= 0.6 is 0 Å². The van der Waals surface area contributed by atoms with Gasteiger partial charge in [-0.1, -0.05) is 0 Å². The Hall–Kier alpha value is -3.75. The fourth-order valence-corrected chi connectivity index (χ4v) is 2.07. The highest BCUT2D eigenvalue weighted by atomic mass is 16.6. The minimum absolute atomic E-state index is 0.00778. The Bertz CT molecular complexity index is 940. The minimum atomic E-state index is -0.465. The van der Waals surface area contributed by atoms with Crippen LogP contribution in [0.25, 0.3) is 11.3 Å². The molecule has 2 aromatic heterocycles. The van der Waals surface area contributed by atoms with E-state index in [4.69, 9.17) is 4.42 Å². The molecule has 9 nitrogen and oxygen atoms in total. The van der Waals surface area contributed by atoms with Gasteiger partial charge >= 0.3 is 0 Å². The zero-order valence-electron chi connectivity index (χ0n) is 13.1. The third kappa shape index (κ3) is 3.78. The molecule has 0 saturated carbocycles. The highest BCUT2D eigenvalue weighted by molar-refractivity contribution is 5.93. The number of hydrogen-bond donors (Lipinski definition) is 2. The van der Waals surface area contributed by atoms with Gasteiger partial charge in [-0.3, -0.25) is 20.0 Å². The van der Waals surface area contributed by atoms with E-state index in [-0.39, 0.29) is 11.4 Å². The van der Waals surface area contributed by atoms with Crippen LogP contribution in [0.15, 0.2) is 52.0 Å². The van der Waals surface area contributed by atoms with Crippen LogP contribution in [0.2, 0.25) is 0 Å². The fraction of sp³-hybridized carbons (Fsp3) is 0.0625. The number of benzene rings is 1. The molecule has 0 aliphatic rings. The highest BCUT2D eigenvalue weighted by Crippen LogP contribution is 2.23. The summed E-state index contributed by atoms with van der Waals surface area (Å²) in [6, 6.07) is 11.0. The normalized spacial score (nSPS) is 10.9. The predicted octanol–water partition coefficient (Wildman–Crippen LogP) is 2.65. The Labute approximate surface area is 141 Å². The molecular formula is C16H13N5O4. The molecule has 1 aromatic carbocycles. The number of aromatic nitrogens is 2. The molecule has 2 N–H and O–H groups in total. The number of non-ortho nitro benzene ring substituents is 1. The zero-order chi connectivity index (χ0) is 17.8. The number of amides is 1. The van der Waals surface area contributed by atoms with Gasteiger partial charge in [0.05, 0.1) is 11.1 Å². The zero-order valence-corrected chi connectivity index (χ0v) is 13.1. The molecule has 0 saturated heterocycles. The summed E-state index contributed by atoms with van der Waals surface area (Å²) in [5.41, 5.74) is 4.05. The van der Waals surface area contributed by atoms with Gasteiger partial charge in [0.25, 0.3) is 11.6 Å². The summed E-state index contributed by atoms with van der Waals surface area (Å²) < 4.78 is 5.57. The van der Waals surface area contributed by atoms with Crippen LogP contribution in [-0.4, -0.2) is 27.2 Å². The average molecular weight is 339 g/mol. The highest BCUT2D eigenvalue weighted by Gasteiger charge is 2.09. The molecule has 1 amide bonds. The van der Waals surface area contributed by atoms with Crippen molar-refractivity contribution in [1.29, 1.82) is 0 Å². The fourth-order valence-electron chi connectivity index (χ4n) is 2.07. The summed E-state index contributed by atoms with van der Waals surface area (Å²) >= 11 is 0. The van der Waals surface area contributed by atoms with Crippen molar-refractivity contribution in [1.82, 2.24) is 15.6 Å². The molecule has 126 valence electrons. The van der Waals surface area contributed by atoms with Gasteiger partial charge in [-0.2, -0.15) is 10.2 Å². The Morgan fingerprint density at radius 2 is 2.08 bits per heavy atom. The van der Waals surface area contributed by atoms with E-state index in [9.17, 15) is 14.9 Å². The molecule has 25 heavy (non-hydrogen) atoms. The van der Waals surface area contributed by atoms with Crippen molar-refractivity contribution >= 4 is 17.8 Å². The lowest BCUT2D eigenvalue weighted by Crippen LogP contribution is -2.17. The summed E-state index contributed by atoms with van der Waals surface area (Å²) in [5.74, 6) is 0.514. The van der Waals surface area contributed by atoms with Gasteiger partial charge < -0.3 is 4.42 Å². The van der Waals surface area contributed by atoms with Gasteiger partial charge in [-0.15, -0.1) is 0 Å². The van der Waals surface area contributed by atoms with E-state index in [1.807, 2.05) is 0 Å². The van der Waals surface area contributed by atoms with Crippen molar-refractivity contribution in [3.05, 3.63) is 69.7 Å². The number of aryl methyl sites for hydroxylation is 1. The van der Waals surface area contributed by atoms with Crippen molar-refractivity contribution in [3.8, 4) is 11.3 Å². The second-order valence-electron chi connectivity index (χ2n) is 5.14. The number of nitrogens with one attached hydrogen (secondary N) is 2. The number of nitrogens with zero attached hydrogens (tertiary/aromatic N) is 3. The van der Waals surface area contributed by atoms with Gasteiger partial charge in [-0.05, 0) is 37.3 Å². The van der Waals surface area contributed by atoms with Crippen molar-refractivity contribution in [2.24, 2.45) is 5.10 Å². The van der Waals surface area contributed by atoms with Crippen molar-refractivity contribution < 1.29 is 14.1 Å². The van der Waals surface area contributed by atoms with Gasteiger partial charge in [-0.25, -0.2) is 5.43 Å². The molecule has 2 heterocycles. The number of rotatable bonds is 5. The number of nitro groups is 1. The molecule has 0 radical (unpaired) electrons. The monoisotopic (exact) mass is 339 g/mol. The Balaban J connectivity index is 1.65. The van der Waals surface area contributed by atoms with E-state index in [1.54, 1.807) is 37.3 Å². The third-order valence-electron chi connectivity index (χ3n) is 3.29. The number of hydrogen-bond acceptors (Lipinski definition) is 6. The van der Waals surface area contributed by atoms with E-state index in [0.29, 0.717) is 17.1 Å². The lowest BCUT2D eigenvalue weighted by Gasteiger charge is -1.96. The SMILES string of the molecule is Cc1cc(C(=O)N/N=C\c2ccc(-c3ccc([N+](=O)[O-])cc3)o2)n[nH]1. The second-order valence-corrected chi connectivity index (χ2v) is 5.14. The Kier molecular flexibility index (Phi) is 4.38. The lowest BCUT2D eigenvalue weighted by atomic mass is 10.1. The average Bonchev–Trinajstić information content (AvgIpc) is 3.24. The van der Waals surface area contributed by atoms with Crippen molar-refractivity contribution in [2.45, 2.75) is 6.92 Å². The lowest BCUT2D eigenvalue weighted by molar-refractivity contribution is -0.384. The molecule has 0 spiro atoms. The molecule has 9 heteroatoms. The van der Waals surface area contributed by atoms with E-state index in [2.05, 4.69) is 20.7 Å². The van der Waals surface area contributed by atoms with Crippen LogP contribution in [-0.2, 0) is 0 Å². The Morgan fingerprint density at radius 3 is 2.72 bits per heavy atom. The molecule has 0 unspecified atom stereocenters. The summed E-state index contributed by atoms with van der Waals surface area (Å²) in [7, 11) is 0. The first-order chi connectivity index (χ1) is 12.0. The topological polar surface area (TPSA) is 126 Å². The van der Waals surface area contributed by atoms with Gasteiger partial charge in [0.1, 0.15) is 11.5 Å². The van der Waals surface area contributed by atoms with Crippen LogP contribution in [0, 0.1) is 17.0 Å². The first-order valence-corrected chi connectivity index (χ1v) is 7.23. The number of H-pyrrole nitrogens is 1. The van der Waals surface area contributed by atoms with E-state index in [1.165, 1.54) is 18.3 Å². The van der Waals surface area contributed by atoms with Crippen LogP contribution in [0.4, 0.5) is 5.69 Å². The second kappa shape index (κ2) is 6.79. The predicted molar refractivity (Wildman–Crippen MR) is 89.2 cm³/mol. The van der Waals surface area contributed by atoms with Crippen LogP contribution in [0.5, 0.6) is 0 Å². The van der Waals surface area contributed by atoms with Crippen molar-refractivity contribution in [3.63, 3.8) is 0 Å². The molecule has 0 aliphatic carbocycles. The first-order valence-electron chi connectivity index (χ1n) is 7.23. The largest absolute Gasteiger partial charge is 0.455 e. The number of furan rings is 1. The van der Waals surface area contributed by atoms with Crippen LogP contribution in [0.1, 0.15) is 21.9 Å². The summed E-state index contributed by atoms with van der Waals surface area (Å²) in [5, 5.41) is 21.0. The van der Waals surface area contributed by atoms with Crippen LogP contribution < -0.4 is 5.43 Å². The van der Waals surface area contributed by atoms with Gasteiger partial charge in [0, 0.05) is 23.4 Å². The van der Waals surface area contributed by atoms with E-state index < -0.39 is 10.8 Å². The summed E-state index contributed by atoms with van der Waals surface area (Å²) in [6.45, 7) is 1.79. The molecule has 0 fully saturated rings. The standard InChI is InChI=1S/C16H13N5O4/c1-10-8-14(19-18-10)16(22)20-17-9-13-6-7-15(25-13)11-2-4-12(5-3-11)21(23)24/h2-9H,1H3,(H,18,19)(H,20,22)/b17-9-. The van der Waals surface area contributed by atoms with Crippen molar-refractivity contribution in [2.75, 3.05) is 0 Å². The van der Waals surface area contributed by atoms with E-state index >= 15 is 0 Å². The number of carbonyl (C=O) groups excluding carboxylic acids is 1. The molecule has 3 aromatic rings. The smallest absolute Gasteiger partial charge is 0.291 e. The molecule has 3 rings (SSSR count). The number of carbonyl (C=O) groups is 1. The number of hydrazone groups is 1. The quantitative estimate of drug-likeness (QED) is 0.420. The maximum Gasteiger partial charge on any atom is 0.291 e. The summed E-state index contributed by atoms with van der Waals surface area (Å²) in [4.78, 5) is 22.0. The molecular weight excluding hydrogens is 326 g/mol. The molecule has 0 bridgehead atoms. The summed E-state index contributed by atoms with van der Waals surface area (Å²) in [6.07, 6.45) is 1.35. The van der Waals surface area contributed by atoms with Gasteiger partial charge in [0.15, 0.2) is 5.69 Å². The van der Waals surface area contributed by atoms with Gasteiger partial charge in [0.2, 0.25) is 0 Å². The minimum Gasteiger partial charge on any atom is -0.455 e. The third-order valence-corrected chi connectivity index (χ3v) is 3.29. The number of nitro benzene ring substituents is 1. The Morgan fingerprint density at radius 1 is 1.32 bits per heavy atom. The van der Waals surface area contributed by atoms with Crippen LogP contribution in [0.3, 0.4) is 0 Å². The first kappa shape index (κ1) is 16.1.